The van der Waals surface area contributed by atoms with Crippen molar-refractivity contribution in [1.82, 2.24) is 0 Å². The van der Waals surface area contributed by atoms with Gasteiger partial charge in [0.25, 0.3) is 0 Å². The lowest BCUT2D eigenvalue weighted by molar-refractivity contribution is -0.139. The summed E-state index contributed by atoms with van der Waals surface area (Å²) in [6, 6.07) is 9.96. The van der Waals surface area contributed by atoms with E-state index in [1.807, 2.05) is 0 Å². The Hall–Kier alpha value is -3.02. The first kappa shape index (κ1) is 18.3. The molecule has 0 spiro atoms. The Bertz CT molecular complexity index is 764. The Morgan fingerprint density at radius 3 is 2.00 bits per heavy atom. The second-order valence-electron chi connectivity index (χ2n) is 5.17. The highest BCUT2D eigenvalue weighted by Crippen LogP contribution is 2.31. The number of ketones is 1. The van der Waals surface area contributed by atoms with E-state index in [1.54, 1.807) is 43.5 Å². The summed E-state index contributed by atoms with van der Waals surface area (Å²) in [7, 11) is 5.81. The van der Waals surface area contributed by atoms with Gasteiger partial charge in [0.05, 0.1) is 40.4 Å². The molecule has 2 aromatic rings. The van der Waals surface area contributed by atoms with Gasteiger partial charge < -0.3 is 18.9 Å². The smallest absolute Gasteiger partial charge is 0.310 e. The maximum Gasteiger partial charge on any atom is 0.310 e. The first-order chi connectivity index (χ1) is 12.0. The molecule has 0 bridgehead atoms. The summed E-state index contributed by atoms with van der Waals surface area (Å²) in [4.78, 5) is 24.7. The summed E-state index contributed by atoms with van der Waals surface area (Å²) < 4.78 is 20.4. The average Bonchev–Trinajstić information content (AvgIpc) is 2.66. The number of ether oxygens (including phenoxy) is 4. The Morgan fingerprint density at radius 1 is 0.840 bits per heavy atom. The SMILES string of the molecule is COC(=O)Cc1cc(OC)cc(OC)c1C(=O)c1ccc(OC)cc1. The third-order valence-electron chi connectivity index (χ3n) is 3.75. The molecular formula is C19H20O6. The molecule has 2 aromatic carbocycles. The van der Waals surface area contributed by atoms with Crippen molar-refractivity contribution in [2.24, 2.45) is 0 Å². The van der Waals surface area contributed by atoms with Crippen LogP contribution in [0.25, 0.3) is 0 Å². The van der Waals surface area contributed by atoms with E-state index in [0.29, 0.717) is 33.9 Å². The van der Waals surface area contributed by atoms with E-state index in [4.69, 9.17) is 18.9 Å². The molecule has 0 fully saturated rings. The number of carbonyl (C=O) groups excluding carboxylic acids is 2. The van der Waals surface area contributed by atoms with Gasteiger partial charge in [-0.2, -0.15) is 0 Å². The monoisotopic (exact) mass is 344 g/mol. The Kier molecular flexibility index (Phi) is 6.00. The van der Waals surface area contributed by atoms with Crippen molar-refractivity contribution in [2.75, 3.05) is 28.4 Å². The minimum Gasteiger partial charge on any atom is -0.497 e. The highest BCUT2D eigenvalue weighted by atomic mass is 16.5. The summed E-state index contributed by atoms with van der Waals surface area (Å²) in [5.74, 6) is 0.745. The van der Waals surface area contributed by atoms with E-state index >= 15 is 0 Å². The van der Waals surface area contributed by atoms with E-state index in [2.05, 4.69) is 0 Å². The molecule has 0 amide bonds. The van der Waals surface area contributed by atoms with E-state index in [-0.39, 0.29) is 12.2 Å². The zero-order valence-electron chi connectivity index (χ0n) is 14.6. The number of benzene rings is 2. The van der Waals surface area contributed by atoms with Gasteiger partial charge in [0.15, 0.2) is 5.78 Å². The predicted molar refractivity (Wildman–Crippen MR) is 91.7 cm³/mol. The van der Waals surface area contributed by atoms with Crippen molar-refractivity contribution < 1.29 is 28.5 Å². The van der Waals surface area contributed by atoms with Crippen LogP contribution in [-0.2, 0) is 16.0 Å². The summed E-state index contributed by atoms with van der Waals surface area (Å²) in [6.45, 7) is 0. The van der Waals surface area contributed by atoms with Gasteiger partial charge in [0.2, 0.25) is 0 Å². The van der Waals surface area contributed by atoms with Crippen LogP contribution in [0.15, 0.2) is 36.4 Å². The van der Waals surface area contributed by atoms with Gasteiger partial charge in [-0.25, -0.2) is 0 Å². The van der Waals surface area contributed by atoms with Crippen LogP contribution in [-0.4, -0.2) is 40.2 Å². The molecule has 0 aromatic heterocycles. The van der Waals surface area contributed by atoms with E-state index < -0.39 is 5.97 Å². The molecule has 2 rings (SSSR count). The molecular weight excluding hydrogens is 324 g/mol. The molecule has 0 aliphatic carbocycles. The number of rotatable bonds is 7. The predicted octanol–water partition coefficient (Wildman–Crippen LogP) is 2.66. The van der Waals surface area contributed by atoms with Gasteiger partial charge in [-0.3, -0.25) is 9.59 Å². The van der Waals surface area contributed by atoms with Gasteiger partial charge in [0, 0.05) is 11.6 Å². The number of hydrogen-bond donors (Lipinski definition) is 0. The van der Waals surface area contributed by atoms with Crippen molar-refractivity contribution in [2.45, 2.75) is 6.42 Å². The topological polar surface area (TPSA) is 71.1 Å². The van der Waals surface area contributed by atoms with E-state index in [9.17, 15) is 9.59 Å². The molecule has 132 valence electrons. The standard InChI is InChI=1S/C19H20O6/c1-22-14-7-5-12(6-8-14)19(21)18-13(10-17(20)25-4)9-15(23-2)11-16(18)24-3/h5-9,11H,10H2,1-4H3. The minimum atomic E-state index is -0.459. The molecule has 6 heteroatoms. The fraction of sp³-hybridized carbons (Fsp3) is 0.263. The molecule has 0 aliphatic heterocycles. The quantitative estimate of drug-likeness (QED) is 0.568. The molecule has 0 heterocycles. The third kappa shape index (κ3) is 4.09. The third-order valence-corrected chi connectivity index (χ3v) is 3.75. The molecule has 0 aliphatic rings. The minimum absolute atomic E-state index is 0.0682. The van der Waals surface area contributed by atoms with Gasteiger partial charge in [0.1, 0.15) is 17.2 Å². The number of methoxy groups -OCH3 is 4. The second kappa shape index (κ2) is 8.19. The summed E-state index contributed by atoms with van der Waals surface area (Å²) in [5, 5.41) is 0. The Morgan fingerprint density at radius 2 is 1.48 bits per heavy atom. The Labute approximate surface area is 146 Å². The van der Waals surface area contributed by atoms with Crippen molar-refractivity contribution in [3.8, 4) is 17.2 Å². The van der Waals surface area contributed by atoms with Crippen LogP contribution in [0.2, 0.25) is 0 Å². The van der Waals surface area contributed by atoms with Crippen LogP contribution >= 0.6 is 0 Å². The fourth-order valence-corrected chi connectivity index (χ4v) is 2.44. The number of hydrogen-bond acceptors (Lipinski definition) is 6. The summed E-state index contributed by atoms with van der Waals surface area (Å²) in [6.07, 6.45) is -0.0682. The zero-order chi connectivity index (χ0) is 18.4. The lowest BCUT2D eigenvalue weighted by Gasteiger charge is -2.15. The van der Waals surface area contributed by atoms with Crippen LogP contribution in [0.4, 0.5) is 0 Å². The van der Waals surface area contributed by atoms with Crippen LogP contribution in [0.5, 0.6) is 17.2 Å². The lowest BCUT2D eigenvalue weighted by atomic mass is 9.95. The van der Waals surface area contributed by atoms with Gasteiger partial charge in [-0.15, -0.1) is 0 Å². The lowest BCUT2D eigenvalue weighted by Crippen LogP contribution is -2.13. The van der Waals surface area contributed by atoms with Crippen LogP contribution in [0, 0.1) is 0 Å². The zero-order valence-corrected chi connectivity index (χ0v) is 14.6. The van der Waals surface area contributed by atoms with Crippen LogP contribution in [0.1, 0.15) is 21.5 Å². The second-order valence-corrected chi connectivity index (χ2v) is 5.17. The highest BCUT2D eigenvalue weighted by Gasteiger charge is 2.22. The van der Waals surface area contributed by atoms with E-state index in [1.165, 1.54) is 21.3 Å². The maximum absolute atomic E-state index is 13.0. The molecule has 0 radical (unpaired) electrons. The molecule has 0 saturated heterocycles. The highest BCUT2D eigenvalue weighted by molar-refractivity contribution is 6.12. The molecule has 0 saturated carbocycles. The first-order valence-corrected chi connectivity index (χ1v) is 7.54. The summed E-state index contributed by atoms with van der Waals surface area (Å²) >= 11 is 0. The normalized spacial score (nSPS) is 10.1. The first-order valence-electron chi connectivity index (χ1n) is 7.54. The molecule has 25 heavy (non-hydrogen) atoms. The molecule has 0 atom stereocenters. The molecule has 0 N–H and O–H groups in total. The average molecular weight is 344 g/mol. The largest absolute Gasteiger partial charge is 0.497 e. The van der Waals surface area contributed by atoms with Crippen LogP contribution in [0.3, 0.4) is 0 Å². The fourth-order valence-electron chi connectivity index (χ4n) is 2.44. The van der Waals surface area contributed by atoms with Crippen LogP contribution < -0.4 is 14.2 Å². The maximum atomic E-state index is 13.0. The Balaban J connectivity index is 2.55. The molecule has 0 unspecified atom stereocenters. The number of carbonyl (C=O) groups is 2. The molecule has 6 nitrogen and oxygen atoms in total. The van der Waals surface area contributed by atoms with Gasteiger partial charge in [-0.1, -0.05) is 0 Å². The van der Waals surface area contributed by atoms with Crippen molar-refractivity contribution in [3.05, 3.63) is 53.1 Å². The summed E-state index contributed by atoms with van der Waals surface area (Å²) in [5.41, 5.74) is 1.23. The van der Waals surface area contributed by atoms with Gasteiger partial charge >= 0.3 is 5.97 Å². The van der Waals surface area contributed by atoms with Crippen molar-refractivity contribution in [3.63, 3.8) is 0 Å². The van der Waals surface area contributed by atoms with Crippen molar-refractivity contribution >= 4 is 11.8 Å². The van der Waals surface area contributed by atoms with Gasteiger partial charge in [-0.05, 0) is 35.9 Å². The van der Waals surface area contributed by atoms with E-state index in [0.717, 1.165) is 0 Å². The number of esters is 1. The van der Waals surface area contributed by atoms with Crippen molar-refractivity contribution in [1.29, 1.82) is 0 Å².